The summed E-state index contributed by atoms with van der Waals surface area (Å²) in [6, 6.07) is 11.5. The number of carbonyl (C=O) groups excluding carboxylic acids is 1. The topological polar surface area (TPSA) is 117 Å². The molecule has 4 N–H and O–H groups in total. The van der Waals surface area contributed by atoms with Crippen LogP contribution >= 0.6 is 11.6 Å². The van der Waals surface area contributed by atoms with E-state index in [1.54, 1.807) is 6.20 Å². The smallest absolute Gasteiger partial charge is 0.340 e. The van der Waals surface area contributed by atoms with Crippen molar-refractivity contribution in [1.29, 1.82) is 0 Å². The molecule has 0 unspecified atom stereocenters. The minimum atomic E-state index is -0.578. The Hall–Kier alpha value is -2.66. The highest BCUT2D eigenvalue weighted by molar-refractivity contribution is 6.34. The maximum atomic E-state index is 12.7. The molecule has 0 bridgehead atoms. The van der Waals surface area contributed by atoms with Gasteiger partial charge in [0.25, 0.3) is 0 Å². The number of esters is 1. The number of benzene rings is 2. The Morgan fingerprint density at radius 2 is 1.56 bits per heavy atom. The molecule has 0 saturated carbocycles. The number of nitrogens with one attached hydrogen (secondary N) is 2. The van der Waals surface area contributed by atoms with Gasteiger partial charge in [0.1, 0.15) is 18.0 Å². The molecule has 0 radical (unpaired) electrons. The van der Waals surface area contributed by atoms with Crippen molar-refractivity contribution in [2.24, 2.45) is 5.73 Å². The molecule has 0 aliphatic rings. The van der Waals surface area contributed by atoms with Crippen LogP contribution in [0.4, 0.5) is 0 Å². The zero-order valence-electron chi connectivity index (χ0n) is 23.0. The highest BCUT2D eigenvalue weighted by Gasteiger charge is 2.21. The number of carbonyl (C=O) groups is 1. The van der Waals surface area contributed by atoms with E-state index in [1.807, 2.05) is 57.2 Å². The molecular formula is C29H40ClN3O6. The zero-order chi connectivity index (χ0) is 28.1. The minimum Gasteiger partial charge on any atom is -0.492 e. The molecule has 214 valence electrons. The van der Waals surface area contributed by atoms with Crippen molar-refractivity contribution in [2.75, 3.05) is 65.9 Å². The fourth-order valence-corrected chi connectivity index (χ4v) is 4.01. The number of nitrogens with two attached hydrogens (primary N) is 1. The van der Waals surface area contributed by atoms with Gasteiger partial charge in [-0.2, -0.15) is 0 Å². The first kappa shape index (κ1) is 30.9. The summed E-state index contributed by atoms with van der Waals surface area (Å²) in [5, 5.41) is 4.64. The molecular weight excluding hydrogens is 522 g/mol. The first-order chi connectivity index (χ1) is 18.8. The third-order valence-corrected chi connectivity index (χ3v) is 5.84. The molecule has 3 rings (SSSR count). The number of halogens is 1. The Kier molecular flexibility index (Phi) is 12.5. The predicted molar refractivity (Wildman–Crippen MR) is 154 cm³/mol. The van der Waals surface area contributed by atoms with Gasteiger partial charge in [0.2, 0.25) is 0 Å². The summed E-state index contributed by atoms with van der Waals surface area (Å²) in [6.07, 6.45) is 1.66. The Balaban J connectivity index is 1.40. The number of ether oxygens (including phenoxy) is 5. The largest absolute Gasteiger partial charge is 0.492 e. The lowest BCUT2D eigenvalue weighted by molar-refractivity contribution is 0.00718. The van der Waals surface area contributed by atoms with Crippen molar-refractivity contribution in [2.45, 2.75) is 26.4 Å². The number of fused-ring (bicyclic) bond motifs is 1. The van der Waals surface area contributed by atoms with Gasteiger partial charge >= 0.3 is 5.97 Å². The van der Waals surface area contributed by atoms with Crippen LogP contribution in [0.15, 0.2) is 42.6 Å². The van der Waals surface area contributed by atoms with E-state index < -0.39 is 5.60 Å². The van der Waals surface area contributed by atoms with Crippen LogP contribution in [0.25, 0.3) is 22.0 Å². The van der Waals surface area contributed by atoms with Crippen molar-refractivity contribution in [3.05, 3.63) is 53.2 Å². The fourth-order valence-electron chi connectivity index (χ4n) is 3.73. The first-order valence-corrected chi connectivity index (χ1v) is 13.6. The lowest BCUT2D eigenvalue weighted by Crippen LogP contribution is -2.25. The maximum absolute atomic E-state index is 12.7. The van der Waals surface area contributed by atoms with Gasteiger partial charge in [0.15, 0.2) is 0 Å². The monoisotopic (exact) mass is 561 g/mol. The van der Waals surface area contributed by atoms with Gasteiger partial charge in [-0.15, -0.1) is 0 Å². The molecule has 0 aliphatic carbocycles. The summed E-state index contributed by atoms with van der Waals surface area (Å²) >= 11 is 6.57. The van der Waals surface area contributed by atoms with E-state index in [2.05, 4.69) is 10.3 Å². The van der Waals surface area contributed by atoms with E-state index in [9.17, 15) is 4.79 Å². The molecule has 0 saturated heterocycles. The van der Waals surface area contributed by atoms with Gasteiger partial charge < -0.3 is 39.7 Å². The van der Waals surface area contributed by atoms with Gasteiger partial charge in [-0.1, -0.05) is 23.7 Å². The maximum Gasteiger partial charge on any atom is 0.340 e. The fraction of sp³-hybridized carbons (Fsp3) is 0.483. The van der Waals surface area contributed by atoms with Gasteiger partial charge in [0.05, 0.1) is 50.2 Å². The molecule has 10 heteroatoms. The van der Waals surface area contributed by atoms with Crippen molar-refractivity contribution in [3.8, 4) is 16.9 Å². The third-order valence-electron chi connectivity index (χ3n) is 5.53. The molecule has 0 aliphatic heterocycles. The summed E-state index contributed by atoms with van der Waals surface area (Å²) in [7, 11) is 0. The lowest BCUT2D eigenvalue weighted by Gasteiger charge is -2.19. The average Bonchev–Trinajstić information content (AvgIpc) is 3.30. The number of aromatic amines is 1. The van der Waals surface area contributed by atoms with Crippen LogP contribution in [0.3, 0.4) is 0 Å². The minimum absolute atomic E-state index is 0.375. The molecule has 0 fully saturated rings. The molecule has 1 heterocycles. The summed E-state index contributed by atoms with van der Waals surface area (Å²) in [5.74, 6) is 0.387. The van der Waals surface area contributed by atoms with Crippen LogP contribution in [0.2, 0.25) is 5.02 Å². The van der Waals surface area contributed by atoms with Crippen LogP contribution in [0.1, 0.15) is 31.1 Å². The number of hydrogen-bond donors (Lipinski definition) is 3. The van der Waals surface area contributed by atoms with Gasteiger partial charge in [-0.3, -0.25) is 0 Å². The highest BCUT2D eigenvalue weighted by atomic mass is 35.5. The lowest BCUT2D eigenvalue weighted by atomic mass is 10.0. The molecule has 0 amide bonds. The molecule has 9 nitrogen and oxygen atoms in total. The van der Waals surface area contributed by atoms with Gasteiger partial charge in [0, 0.05) is 42.3 Å². The quantitative estimate of drug-likeness (QED) is 0.164. The van der Waals surface area contributed by atoms with E-state index in [0.29, 0.717) is 69.9 Å². The number of hydrogen-bond acceptors (Lipinski definition) is 8. The molecule has 0 spiro atoms. The summed E-state index contributed by atoms with van der Waals surface area (Å²) in [5.41, 5.74) is 7.78. The average molecular weight is 562 g/mol. The third kappa shape index (κ3) is 10.4. The van der Waals surface area contributed by atoms with Crippen molar-refractivity contribution < 1.29 is 28.5 Å². The normalized spacial score (nSPS) is 11.7. The highest BCUT2D eigenvalue weighted by Crippen LogP contribution is 2.34. The Bertz CT molecular complexity index is 1160. The number of rotatable bonds is 17. The van der Waals surface area contributed by atoms with Crippen LogP contribution in [-0.4, -0.2) is 82.4 Å². The Labute approximate surface area is 235 Å². The second kappa shape index (κ2) is 15.8. The second-order valence-electron chi connectivity index (χ2n) is 9.83. The van der Waals surface area contributed by atoms with Crippen LogP contribution in [-0.2, 0) is 18.9 Å². The van der Waals surface area contributed by atoms with Gasteiger partial charge in [-0.05, 0) is 50.6 Å². The Morgan fingerprint density at radius 3 is 2.23 bits per heavy atom. The van der Waals surface area contributed by atoms with Crippen molar-refractivity contribution in [3.63, 3.8) is 0 Å². The van der Waals surface area contributed by atoms with Crippen LogP contribution in [0.5, 0.6) is 5.75 Å². The van der Waals surface area contributed by atoms with E-state index in [4.69, 9.17) is 41.0 Å². The number of aromatic nitrogens is 1. The number of H-pyrrole nitrogens is 1. The van der Waals surface area contributed by atoms with E-state index >= 15 is 0 Å². The summed E-state index contributed by atoms with van der Waals surface area (Å²) in [6.45, 7) is 11.4. The van der Waals surface area contributed by atoms with Crippen LogP contribution < -0.4 is 15.8 Å². The standard InChI is InChI=1S/C29H40ClN3O6/c1-29(2,3)39-28(34)25-20-33-27-19-26(30)23(18-24(25)27)21-4-6-22(7-5-21)38-13-10-32-9-12-36-15-17-37-16-14-35-11-8-31/h4-7,18-20,32-33H,8-17,31H2,1-3H3. The molecule has 39 heavy (non-hydrogen) atoms. The van der Waals surface area contributed by atoms with Gasteiger partial charge in [-0.25, -0.2) is 4.79 Å². The molecule has 3 aromatic rings. The summed E-state index contributed by atoms with van der Waals surface area (Å²) < 4.78 is 27.6. The Morgan fingerprint density at radius 1 is 0.923 bits per heavy atom. The van der Waals surface area contributed by atoms with E-state index in [-0.39, 0.29) is 5.97 Å². The van der Waals surface area contributed by atoms with Crippen molar-refractivity contribution in [1.82, 2.24) is 10.3 Å². The summed E-state index contributed by atoms with van der Waals surface area (Å²) in [4.78, 5) is 15.8. The first-order valence-electron chi connectivity index (χ1n) is 13.2. The van der Waals surface area contributed by atoms with Crippen LogP contribution in [0, 0.1) is 0 Å². The second-order valence-corrected chi connectivity index (χ2v) is 10.2. The SMILES string of the molecule is CC(C)(C)OC(=O)c1c[nH]c2cc(Cl)c(-c3ccc(OCCNCCOCCOCCOCCN)cc3)cc12. The van der Waals surface area contributed by atoms with E-state index in [1.165, 1.54) is 0 Å². The predicted octanol–water partition coefficient (Wildman–Crippen LogP) is 4.42. The molecule has 1 aromatic heterocycles. The molecule has 0 atom stereocenters. The van der Waals surface area contributed by atoms with E-state index in [0.717, 1.165) is 34.3 Å². The molecule has 2 aromatic carbocycles. The zero-order valence-corrected chi connectivity index (χ0v) is 23.8. The van der Waals surface area contributed by atoms with Crippen molar-refractivity contribution >= 4 is 28.5 Å².